The molecule has 2 aromatic rings. The highest BCUT2D eigenvalue weighted by molar-refractivity contribution is 14.1. The molecule has 35 heavy (non-hydrogen) atoms. The first kappa shape index (κ1) is 27.6. The lowest BCUT2D eigenvalue weighted by Crippen LogP contribution is -2.14. The van der Waals surface area contributed by atoms with Crippen LogP contribution in [0.5, 0.6) is 28.7 Å². The molecule has 2 atom stereocenters. The van der Waals surface area contributed by atoms with Crippen LogP contribution < -0.4 is 23.7 Å². The Bertz CT molecular complexity index is 1130. The average Bonchev–Trinajstić information content (AvgIpc) is 3.32. The van der Waals surface area contributed by atoms with E-state index in [1.807, 2.05) is 25.1 Å². The smallest absolute Gasteiger partial charge is 0.397 e. The van der Waals surface area contributed by atoms with Crippen molar-refractivity contribution < 1.29 is 45.6 Å². The van der Waals surface area contributed by atoms with Crippen molar-refractivity contribution in [3.63, 3.8) is 0 Å². The second-order valence-corrected chi connectivity index (χ2v) is 9.94. The molecule has 10 nitrogen and oxygen atoms in total. The molecule has 1 fully saturated rings. The zero-order chi connectivity index (χ0) is 25.8. The molecule has 0 aromatic heterocycles. The van der Waals surface area contributed by atoms with Crippen LogP contribution in [0.4, 0.5) is 0 Å². The van der Waals surface area contributed by atoms with Gasteiger partial charge in [0, 0.05) is 14.7 Å². The monoisotopic (exact) mass is 624 g/mol. The number of ether oxygens (including phenoxy) is 6. The summed E-state index contributed by atoms with van der Waals surface area (Å²) in [4.78, 5) is 0. The Morgan fingerprint density at radius 1 is 0.914 bits per heavy atom. The quantitative estimate of drug-likeness (QED) is 0.219. The normalized spacial score (nSPS) is 17.8. The van der Waals surface area contributed by atoms with Crippen LogP contribution in [-0.4, -0.2) is 54.6 Å². The SMILES string of the molecule is COc1cc([C@H]2CC[C@H](c3cc(I)c(C)c(OC)c3OCCOS(=O)(=O)O)O2)cc(OC)c1OC. The number of halogens is 1. The summed E-state index contributed by atoms with van der Waals surface area (Å²) in [6, 6.07) is 5.72. The van der Waals surface area contributed by atoms with E-state index >= 15 is 0 Å². The van der Waals surface area contributed by atoms with Crippen LogP contribution in [0.2, 0.25) is 0 Å². The van der Waals surface area contributed by atoms with Crippen LogP contribution in [0.25, 0.3) is 0 Å². The van der Waals surface area contributed by atoms with E-state index < -0.39 is 10.4 Å². The number of methoxy groups -OCH3 is 4. The van der Waals surface area contributed by atoms with E-state index in [0.717, 1.165) is 26.7 Å². The van der Waals surface area contributed by atoms with E-state index in [2.05, 4.69) is 26.8 Å². The minimum absolute atomic E-state index is 0.119. The Kier molecular flexibility index (Phi) is 9.32. The molecule has 1 aliphatic rings. The summed E-state index contributed by atoms with van der Waals surface area (Å²) in [6.45, 7) is 1.43. The van der Waals surface area contributed by atoms with E-state index in [0.29, 0.717) is 35.2 Å². The highest BCUT2D eigenvalue weighted by Crippen LogP contribution is 2.50. The van der Waals surface area contributed by atoms with Gasteiger partial charge in [0.25, 0.3) is 0 Å². The highest BCUT2D eigenvalue weighted by atomic mass is 127. The maximum Gasteiger partial charge on any atom is 0.397 e. The molecular formula is C23H29IO10S. The maximum atomic E-state index is 10.8. The Morgan fingerprint density at radius 2 is 1.51 bits per heavy atom. The molecular weight excluding hydrogens is 595 g/mol. The van der Waals surface area contributed by atoms with Crippen LogP contribution in [-0.2, 0) is 19.3 Å². The van der Waals surface area contributed by atoms with Crippen molar-refractivity contribution in [2.24, 2.45) is 0 Å². The fourth-order valence-corrected chi connectivity index (χ4v) is 4.89. The van der Waals surface area contributed by atoms with Crippen molar-refractivity contribution in [1.82, 2.24) is 0 Å². The molecule has 0 bridgehead atoms. The number of hydrogen-bond acceptors (Lipinski definition) is 9. The van der Waals surface area contributed by atoms with Crippen molar-refractivity contribution in [2.45, 2.75) is 32.0 Å². The van der Waals surface area contributed by atoms with E-state index in [1.165, 1.54) is 7.11 Å². The lowest BCUT2D eigenvalue weighted by Gasteiger charge is -2.22. The molecule has 0 amide bonds. The van der Waals surface area contributed by atoms with Crippen LogP contribution in [0, 0.1) is 10.5 Å². The van der Waals surface area contributed by atoms with Crippen molar-refractivity contribution in [3.8, 4) is 28.7 Å². The number of hydrogen-bond donors (Lipinski definition) is 1. The lowest BCUT2D eigenvalue weighted by atomic mass is 10.0. The summed E-state index contributed by atoms with van der Waals surface area (Å²) in [5, 5.41) is 0. The van der Waals surface area contributed by atoms with Gasteiger partial charge in [-0.1, -0.05) is 0 Å². The van der Waals surface area contributed by atoms with E-state index in [4.69, 9.17) is 33.0 Å². The molecule has 2 aromatic carbocycles. The van der Waals surface area contributed by atoms with Crippen molar-refractivity contribution in [3.05, 3.63) is 38.5 Å². The van der Waals surface area contributed by atoms with Gasteiger partial charge in [-0.3, -0.25) is 4.55 Å². The van der Waals surface area contributed by atoms with Crippen molar-refractivity contribution in [2.75, 3.05) is 41.7 Å². The molecule has 0 aliphatic carbocycles. The highest BCUT2D eigenvalue weighted by Gasteiger charge is 2.33. The summed E-state index contributed by atoms with van der Waals surface area (Å²) >= 11 is 2.23. The van der Waals surface area contributed by atoms with E-state index in [9.17, 15) is 8.42 Å². The molecule has 12 heteroatoms. The first-order chi connectivity index (χ1) is 16.6. The molecule has 1 saturated heterocycles. The molecule has 1 aliphatic heterocycles. The van der Waals surface area contributed by atoms with Gasteiger partial charge in [0.1, 0.15) is 13.2 Å². The predicted molar refractivity (Wildman–Crippen MR) is 135 cm³/mol. The molecule has 0 spiro atoms. The predicted octanol–water partition coefficient (Wildman–Crippen LogP) is 4.43. The Balaban J connectivity index is 1.90. The molecule has 1 heterocycles. The Morgan fingerprint density at radius 3 is 2.06 bits per heavy atom. The number of benzene rings is 2. The minimum atomic E-state index is -4.56. The summed E-state index contributed by atoms with van der Waals surface area (Å²) in [6.07, 6.45) is 0.914. The van der Waals surface area contributed by atoms with Gasteiger partial charge < -0.3 is 28.4 Å². The molecule has 3 rings (SSSR count). The van der Waals surface area contributed by atoms with Gasteiger partial charge in [-0.25, -0.2) is 4.18 Å². The zero-order valence-corrected chi connectivity index (χ0v) is 23.1. The molecule has 0 radical (unpaired) electrons. The Labute approximate surface area is 218 Å². The summed E-state index contributed by atoms with van der Waals surface area (Å²) in [5.74, 6) is 2.57. The van der Waals surface area contributed by atoms with Crippen molar-refractivity contribution >= 4 is 33.0 Å². The van der Waals surface area contributed by atoms with Crippen LogP contribution in [0.1, 0.15) is 41.7 Å². The first-order valence-corrected chi connectivity index (χ1v) is 13.1. The van der Waals surface area contributed by atoms with Gasteiger partial charge in [-0.2, -0.15) is 8.42 Å². The second-order valence-electron chi connectivity index (χ2n) is 7.68. The summed E-state index contributed by atoms with van der Waals surface area (Å²) in [5.41, 5.74) is 2.54. The Hall–Kier alpha value is -2.00. The number of rotatable bonds is 11. The van der Waals surface area contributed by atoms with Gasteiger partial charge in [-0.15, -0.1) is 0 Å². The van der Waals surface area contributed by atoms with Crippen LogP contribution in [0.15, 0.2) is 18.2 Å². The third-order valence-electron chi connectivity index (χ3n) is 5.64. The largest absolute Gasteiger partial charge is 0.493 e. The summed E-state index contributed by atoms with van der Waals surface area (Å²) in [7, 11) is 1.67. The van der Waals surface area contributed by atoms with Gasteiger partial charge >= 0.3 is 10.4 Å². The maximum absolute atomic E-state index is 10.8. The third kappa shape index (κ3) is 6.42. The minimum Gasteiger partial charge on any atom is -0.493 e. The molecule has 0 saturated carbocycles. The van der Waals surface area contributed by atoms with Gasteiger partial charge in [0.15, 0.2) is 23.0 Å². The molecule has 1 N–H and O–H groups in total. The standard InChI is InChI=1S/C23H29IO10S/c1-13-16(24)12-15(22(21(13)30-4)32-8-9-33-35(25,26)27)18-7-6-17(34-18)14-10-19(28-2)23(31-5)20(11-14)29-3/h10-12,17-18H,6-9H2,1-5H3,(H,25,26,27)/t17-,18-/m1/s1. The van der Waals surface area contributed by atoms with Gasteiger partial charge in [0.2, 0.25) is 5.75 Å². The van der Waals surface area contributed by atoms with Crippen LogP contribution >= 0.6 is 22.6 Å². The average molecular weight is 624 g/mol. The molecule has 0 unspecified atom stereocenters. The third-order valence-corrected chi connectivity index (χ3v) is 7.23. The molecule has 194 valence electrons. The topological polar surface area (TPSA) is 119 Å². The fraction of sp³-hybridized carbons (Fsp3) is 0.478. The summed E-state index contributed by atoms with van der Waals surface area (Å²) < 4.78 is 70.1. The fourth-order valence-electron chi connectivity index (χ4n) is 4.04. The lowest BCUT2D eigenvalue weighted by molar-refractivity contribution is 0.0415. The van der Waals surface area contributed by atoms with Gasteiger partial charge in [0.05, 0.1) is 40.6 Å². The zero-order valence-electron chi connectivity index (χ0n) is 20.1. The van der Waals surface area contributed by atoms with E-state index in [1.54, 1.807) is 21.3 Å². The van der Waals surface area contributed by atoms with Gasteiger partial charge in [-0.05, 0) is 66.1 Å². The van der Waals surface area contributed by atoms with E-state index in [-0.39, 0.29) is 25.4 Å². The van der Waals surface area contributed by atoms with Crippen LogP contribution in [0.3, 0.4) is 0 Å². The van der Waals surface area contributed by atoms with Crippen molar-refractivity contribution in [1.29, 1.82) is 0 Å². The second kappa shape index (κ2) is 11.8. The first-order valence-electron chi connectivity index (χ1n) is 10.7.